The number of hydrogen-bond donors (Lipinski definition) is 3. The first-order chi connectivity index (χ1) is 15.8. The quantitative estimate of drug-likeness (QED) is 0.290. The van der Waals surface area contributed by atoms with Gasteiger partial charge in [0.2, 0.25) is 5.91 Å². The third kappa shape index (κ3) is 7.56. The number of thiocarbonyl (C=S) groups is 1. The van der Waals surface area contributed by atoms with Gasteiger partial charge in [-0.2, -0.15) is 0 Å². The van der Waals surface area contributed by atoms with Crippen LogP contribution in [0.2, 0.25) is 5.02 Å². The fraction of sp³-hybridized carbons (Fsp3) is 0.115. The minimum Gasteiger partial charge on any atom is -0.332 e. The summed E-state index contributed by atoms with van der Waals surface area (Å²) in [5, 5.41) is 9.04. The van der Waals surface area contributed by atoms with Crippen molar-refractivity contribution >= 4 is 58.2 Å². The van der Waals surface area contributed by atoms with Crippen molar-refractivity contribution in [1.29, 1.82) is 0 Å². The lowest BCUT2D eigenvalue weighted by atomic mass is 10.0. The van der Waals surface area contributed by atoms with E-state index >= 15 is 0 Å². The first kappa shape index (κ1) is 24.2. The van der Waals surface area contributed by atoms with Crippen LogP contribution in [0.3, 0.4) is 0 Å². The molecule has 0 saturated heterocycles. The first-order valence-corrected chi connectivity index (χ1v) is 11.2. The van der Waals surface area contributed by atoms with Crippen LogP contribution in [0.1, 0.15) is 41.3 Å². The van der Waals surface area contributed by atoms with E-state index in [0.717, 1.165) is 5.56 Å². The highest BCUT2D eigenvalue weighted by Gasteiger charge is 2.07. The van der Waals surface area contributed by atoms with Crippen LogP contribution in [0.5, 0.6) is 0 Å². The van der Waals surface area contributed by atoms with Crippen molar-refractivity contribution in [3.63, 3.8) is 0 Å². The summed E-state index contributed by atoms with van der Waals surface area (Å²) in [7, 11) is 0. The molecule has 0 saturated carbocycles. The van der Waals surface area contributed by atoms with Crippen LogP contribution < -0.4 is 16.0 Å². The van der Waals surface area contributed by atoms with Crippen molar-refractivity contribution in [2.75, 3.05) is 10.6 Å². The Bertz CT molecular complexity index is 1170. The van der Waals surface area contributed by atoms with Crippen LogP contribution in [0.4, 0.5) is 11.4 Å². The van der Waals surface area contributed by atoms with Gasteiger partial charge in [0.25, 0.3) is 5.91 Å². The highest BCUT2D eigenvalue weighted by Crippen LogP contribution is 2.17. The summed E-state index contributed by atoms with van der Waals surface area (Å²) < 4.78 is 0. The van der Waals surface area contributed by atoms with Gasteiger partial charge in [0.1, 0.15) is 0 Å². The smallest absolute Gasteiger partial charge is 0.255 e. The largest absolute Gasteiger partial charge is 0.332 e. The van der Waals surface area contributed by atoms with Crippen LogP contribution in [0.15, 0.2) is 78.9 Å². The highest BCUT2D eigenvalue weighted by molar-refractivity contribution is 7.80. The third-order valence-electron chi connectivity index (χ3n) is 4.75. The molecule has 2 amide bonds. The number of amides is 2. The van der Waals surface area contributed by atoms with Gasteiger partial charge in [-0.1, -0.05) is 55.8 Å². The predicted molar refractivity (Wildman–Crippen MR) is 140 cm³/mol. The lowest BCUT2D eigenvalue weighted by molar-refractivity contribution is -0.115. The van der Waals surface area contributed by atoms with E-state index in [4.69, 9.17) is 23.8 Å². The molecule has 7 heteroatoms. The molecule has 0 aliphatic heterocycles. The average Bonchev–Trinajstić information content (AvgIpc) is 2.79. The lowest BCUT2D eigenvalue weighted by Crippen LogP contribution is -2.32. The molecule has 0 spiro atoms. The predicted octanol–water partition coefficient (Wildman–Crippen LogP) is 6.24. The van der Waals surface area contributed by atoms with Crippen LogP contribution in [0.25, 0.3) is 6.08 Å². The Morgan fingerprint density at radius 2 is 1.55 bits per heavy atom. The molecule has 168 valence electrons. The molecule has 0 aliphatic rings. The molecule has 3 aromatic carbocycles. The molecule has 0 atom stereocenters. The van der Waals surface area contributed by atoms with E-state index in [9.17, 15) is 9.59 Å². The number of benzene rings is 3. The SMILES string of the molecule is CC(C)c1ccc(/C=C/C(=O)NC(=S)Nc2ccc(NC(=O)c3cccc(Cl)c3)cc2)cc1. The van der Waals surface area contributed by atoms with E-state index in [-0.39, 0.29) is 16.9 Å². The van der Waals surface area contributed by atoms with Crippen molar-refractivity contribution in [3.05, 3.63) is 101 Å². The normalized spacial score (nSPS) is 10.8. The Balaban J connectivity index is 1.49. The summed E-state index contributed by atoms with van der Waals surface area (Å²) in [6.07, 6.45) is 3.17. The Kier molecular flexibility index (Phi) is 8.35. The van der Waals surface area contributed by atoms with E-state index in [1.165, 1.54) is 11.6 Å². The van der Waals surface area contributed by atoms with Crippen molar-refractivity contribution in [3.8, 4) is 0 Å². The topological polar surface area (TPSA) is 70.2 Å². The van der Waals surface area contributed by atoms with Crippen molar-refractivity contribution < 1.29 is 9.59 Å². The minimum atomic E-state index is -0.328. The second kappa shape index (κ2) is 11.4. The zero-order chi connectivity index (χ0) is 23.8. The van der Waals surface area contributed by atoms with Gasteiger partial charge >= 0.3 is 0 Å². The van der Waals surface area contributed by atoms with Crippen LogP contribution in [-0.2, 0) is 4.79 Å². The monoisotopic (exact) mass is 477 g/mol. The van der Waals surface area contributed by atoms with Crippen LogP contribution in [-0.4, -0.2) is 16.9 Å². The van der Waals surface area contributed by atoms with Gasteiger partial charge in [-0.3, -0.25) is 14.9 Å². The van der Waals surface area contributed by atoms with Crippen molar-refractivity contribution in [1.82, 2.24) is 5.32 Å². The Morgan fingerprint density at radius 3 is 2.15 bits per heavy atom. The summed E-state index contributed by atoms with van der Waals surface area (Å²) >= 11 is 11.1. The molecular weight excluding hydrogens is 454 g/mol. The molecule has 3 aromatic rings. The van der Waals surface area contributed by atoms with Crippen LogP contribution in [0, 0.1) is 0 Å². The molecule has 0 bridgehead atoms. The molecule has 0 fully saturated rings. The number of halogens is 1. The van der Waals surface area contributed by atoms with Gasteiger partial charge in [-0.05, 0) is 77.8 Å². The van der Waals surface area contributed by atoms with E-state index in [2.05, 4.69) is 41.9 Å². The molecule has 33 heavy (non-hydrogen) atoms. The van der Waals surface area contributed by atoms with E-state index in [1.54, 1.807) is 54.6 Å². The zero-order valence-corrected chi connectivity index (χ0v) is 19.8. The van der Waals surface area contributed by atoms with E-state index < -0.39 is 0 Å². The molecule has 3 N–H and O–H groups in total. The summed E-state index contributed by atoms with van der Waals surface area (Å²) in [5.74, 6) is -0.125. The lowest BCUT2D eigenvalue weighted by Gasteiger charge is -2.10. The fourth-order valence-electron chi connectivity index (χ4n) is 2.95. The standard InChI is InChI=1S/C26H24ClN3O2S/c1-17(2)19-9-6-18(7-10-19)8-15-24(31)30-26(33)29-23-13-11-22(12-14-23)28-25(32)20-4-3-5-21(27)16-20/h3-17H,1-2H3,(H,28,32)(H2,29,30,31,33)/b15-8+. The number of anilines is 2. The molecule has 5 nitrogen and oxygen atoms in total. The van der Waals surface area contributed by atoms with E-state index in [0.29, 0.717) is 27.9 Å². The second-order valence-electron chi connectivity index (χ2n) is 7.64. The molecule has 3 rings (SSSR count). The molecule has 0 unspecified atom stereocenters. The maximum Gasteiger partial charge on any atom is 0.255 e. The van der Waals surface area contributed by atoms with Crippen molar-refractivity contribution in [2.45, 2.75) is 19.8 Å². The summed E-state index contributed by atoms with van der Waals surface area (Å²) in [5.41, 5.74) is 3.94. The van der Waals surface area contributed by atoms with Crippen molar-refractivity contribution in [2.24, 2.45) is 0 Å². The maximum absolute atomic E-state index is 12.3. The van der Waals surface area contributed by atoms with Gasteiger partial charge in [0, 0.05) is 28.0 Å². The first-order valence-electron chi connectivity index (χ1n) is 10.4. The number of hydrogen-bond acceptors (Lipinski definition) is 3. The molecule has 0 heterocycles. The zero-order valence-electron chi connectivity index (χ0n) is 18.3. The fourth-order valence-corrected chi connectivity index (χ4v) is 3.36. The number of carbonyl (C=O) groups excluding carboxylic acids is 2. The van der Waals surface area contributed by atoms with Gasteiger partial charge in [-0.25, -0.2) is 0 Å². The Hall–Kier alpha value is -3.48. The molecular formula is C26H24ClN3O2S. The Labute approximate surface area is 203 Å². The number of rotatable bonds is 6. The second-order valence-corrected chi connectivity index (χ2v) is 8.48. The van der Waals surface area contributed by atoms with E-state index in [1.807, 2.05) is 12.1 Å². The Morgan fingerprint density at radius 1 is 0.909 bits per heavy atom. The number of nitrogens with one attached hydrogen (secondary N) is 3. The van der Waals surface area contributed by atoms with Gasteiger partial charge in [-0.15, -0.1) is 0 Å². The summed E-state index contributed by atoms with van der Waals surface area (Å²) in [4.78, 5) is 24.4. The van der Waals surface area contributed by atoms with Gasteiger partial charge in [0.15, 0.2) is 5.11 Å². The third-order valence-corrected chi connectivity index (χ3v) is 5.19. The molecule has 0 aliphatic carbocycles. The maximum atomic E-state index is 12.3. The molecule has 0 aromatic heterocycles. The molecule has 0 radical (unpaired) electrons. The van der Waals surface area contributed by atoms with Gasteiger partial charge in [0.05, 0.1) is 0 Å². The highest BCUT2D eigenvalue weighted by atomic mass is 35.5. The van der Waals surface area contributed by atoms with Crippen LogP contribution >= 0.6 is 23.8 Å². The van der Waals surface area contributed by atoms with Gasteiger partial charge < -0.3 is 10.6 Å². The summed E-state index contributed by atoms with van der Waals surface area (Å²) in [6.45, 7) is 4.27. The summed E-state index contributed by atoms with van der Waals surface area (Å²) in [6, 6.07) is 21.7. The minimum absolute atomic E-state index is 0.176. The number of carbonyl (C=O) groups is 2. The average molecular weight is 478 g/mol.